The predicted molar refractivity (Wildman–Crippen MR) is 70.3 cm³/mol. The number of esters is 1. The molecule has 0 fully saturated rings. The second-order valence-corrected chi connectivity index (χ2v) is 4.04. The van der Waals surface area contributed by atoms with Crippen LogP contribution in [0.3, 0.4) is 0 Å². The third-order valence-electron chi connectivity index (χ3n) is 2.79. The minimum Gasteiger partial charge on any atom is -0.465 e. The van der Waals surface area contributed by atoms with E-state index >= 15 is 0 Å². The van der Waals surface area contributed by atoms with Crippen LogP contribution < -0.4 is 0 Å². The van der Waals surface area contributed by atoms with Crippen LogP contribution in [0, 0.1) is 10.1 Å². The Kier molecular flexibility index (Phi) is 3.33. The number of H-pyrrole nitrogens is 1. The number of carbonyl (C=O) groups excluding carboxylic acids is 1. The average Bonchev–Trinajstić information content (AvgIpc) is 2.80. The zero-order valence-corrected chi connectivity index (χ0v) is 10.5. The van der Waals surface area contributed by atoms with E-state index in [1.807, 2.05) is 0 Å². The van der Waals surface area contributed by atoms with Gasteiger partial charge in [-0.05, 0) is 12.1 Å². The molecule has 0 saturated heterocycles. The molecule has 0 radical (unpaired) electrons. The van der Waals surface area contributed by atoms with Gasteiger partial charge in [0.15, 0.2) is 0 Å². The predicted octanol–water partition coefficient (Wildman–Crippen LogP) is 2.59. The molecule has 1 N–H and O–H groups in total. The van der Waals surface area contributed by atoms with Gasteiger partial charge in [-0.25, -0.2) is 4.79 Å². The summed E-state index contributed by atoms with van der Waals surface area (Å²) in [7, 11) is 1.32. The molecule has 6 heteroatoms. The SMILES string of the molecule is COC(=O)c1ccc2c(/C=C(\C)[N+](=O)[O-])c[nH]c2c1. The van der Waals surface area contributed by atoms with Crippen molar-refractivity contribution in [1.29, 1.82) is 0 Å². The van der Waals surface area contributed by atoms with Crippen molar-refractivity contribution in [2.75, 3.05) is 7.11 Å². The molecule has 1 aromatic heterocycles. The average molecular weight is 260 g/mol. The fourth-order valence-electron chi connectivity index (χ4n) is 1.79. The number of allylic oxidation sites excluding steroid dienone is 1. The van der Waals surface area contributed by atoms with Crippen molar-refractivity contribution in [3.05, 3.63) is 51.3 Å². The van der Waals surface area contributed by atoms with E-state index in [4.69, 9.17) is 0 Å². The van der Waals surface area contributed by atoms with E-state index in [9.17, 15) is 14.9 Å². The van der Waals surface area contributed by atoms with E-state index in [0.717, 1.165) is 10.9 Å². The van der Waals surface area contributed by atoms with Crippen LogP contribution in [0.2, 0.25) is 0 Å². The minimum absolute atomic E-state index is 0.0537. The molecule has 0 aliphatic carbocycles. The Hall–Kier alpha value is -2.63. The molecule has 0 aliphatic rings. The highest BCUT2D eigenvalue weighted by Gasteiger charge is 2.10. The number of carbonyl (C=O) groups is 1. The standard InChI is InChI=1S/C13H12N2O4/c1-8(15(17)18)5-10-7-14-12-6-9(13(16)19-2)3-4-11(10)12/h3-7,14H,1-2H3/b8-5+. The van der Waals surface area contributed by atoms with Gasteiger partial charge in [0.25, 0.3) is 0 Å². The first kappa shape index (κ1) is 12.8. The number of nitrogens with one attached hydrogen (secondary N) is 1. The van der Waals surface area contributed by atoms with E-state index in [1.165, 1.54) is 20.1 Å². The first-order valence-electron chi connectivity index (χ1n) is 5.55. The highest BCUT2D eigenvalue weighted by Crippen LogP contribution is 2.22. The van der Waals surface area contributed by atoms with Crippen LogP contribution in [0.15, 0.2) is 30.1 Å². The van der Waals surface area contributed by atoms with Crippen LogP contribution in [-0.4, -0.2) is 23.0 Å². The van der Waals surface area contributed by atoms with Gasteiger partial charge in [-0.15, -0.1) is 0 Å². The summed E-state index contributed by atoms with van der Waals surface area (Å²) in [6.07, 6.45) is 3.15. The minimum atomic E-state index is -0.443. The Morgan fingerprint density at radius 1 is 1.47 bits per heavy atom. The number of rotatable bonds is 3. The van der Waals surface area contributed by atoms with Gasteiger partial charge >= 0.3 is 5.97 Å². The largest absolute Gasteiger partial charge is 0.465 e. The number of nitrogens with zero attached hydrogens (tertiary/aromatic N) is 1. The first-order chi connectivity index (χ1) is 9.02. The summed E-state index contributed by atoms with van der Waals surface area (Å²) in [5.41, 5.74) is 1.92. The van der Waals surface area contributed by atoms with Crippen molar-refractivity contribution in [3.63, 3.8) is 0 Å². The van der Waals surface area contributed by atoms with Crippen molar-refractivity contribution >= 4 is 22.9 Å². The number of ether oxygens (including phenoxy) is 1. The smallest absolute Gasteiger partial charge is 0.337 e. The van der Waals surface area contributed by atoms with Crippen LogP contribution >= 0.6 is 0 Å². The molecule has 0 unspecified atom stereocenters. The highest BCUT2D eigenvalue weighted by molar-refractivity contribution is 5.97. The molecule has 0 spiro atoms. The molecule has 0 amide bonds. The first-order valence-corrected chi connectivity index (χ1v) is 5.55. The van der Waals surface area contributed by atoms with E-state index < -0.39 is 10.9 Å². The number of aromatic nitrogens is 1. The number of hydrogen-bond acceptors (Lipinski definition) is 4. The topological polar surface area (TPSA) is 85.2 Å². The summed E-state index contributed by atoms with van der Waals surface area (Å²) in [6, 6.07) is 5.01. The maximum absolute atomic E-state index is 11.4. The van der Waals surface area contributed by atoms with Gasteiger partial charge in [-0.2, -0.15) is 0 Å². The fourth-order valence-corrected chi connectivity index (χ4v) is 1.79. The Labute approximate surface area is 108 Å². The maximum Gasteiger partial charge on any atom is 0.337 e. The van der Waals surface area contributed by atoms with E-state index in [2.05, 4.69) is 9.72 Å². The molecule has 19 heavy (non-hydrogen) atoms. The van der Waals surface area contributed by atoms with Crippen molar-refractivity contribution in [1.82, 2.24) is 4.98 Å². The summed E-state index contributed by atoms with van der Waals surface area (Å²) < 4.78 is 4.63. The molecule has 6 nitrogen and oxygen atoms in total. The van der Waals surface area contributed by atoms with Crippen LogP contribution in [0.25, 0.3) is 17.0 Å². The lowest BCUT2D eigenvalue weighted by Crippen LogP contribution is -2.00. The van der Waals surface area contributed by atoms with Crippen LogP contribution in [0.4, 0.5) is 0 Å². The molecule has 0 bridgehead atoms. The maximum atomic E-state index is 11.4. The van der Waals surface area contributed by atoms with Crippen LogP contribution in [0.1, 0.15) is 22.8 Å². The summed E-state index contributed by atoms with van der Waals surface area (Å²) in [6.45, 7) is 1.43. The van der Waals surface area contributed by atoms with Crippen molar-refractivity contribution in [2.24, 2.45) is 0 Å². The second-order valence-electron chi connectivity index (χ2n) is 4.04. The summed E-state index contributed by atoms with van der Waals surface area (Å²) in [5.74, 6) is -0.421. The molecule has 0 atom stereocenters. The van der Waals surface area contributed by atoms with Crippen LogP contribution in [-0.2, 0) is 4.74 Å². The van der Waals surface area contributed by atoms with Gasteiger partial charge in [0.2, 0.25) is 5.70 Å². The van der Waals surface area contributed by atoms with Gasteiger partial charge in [-0.1, -0.05) is 6.07 Å². The summed E-state index contributed by atoms with van der Waals surface area (Å²) in [4.78, 5) is 24.5. The Balaban J connectivity index is 2.48. The van der Waals surface area contributed by atoms with Gasteiger partial charge in [0.05, 0.1) is 17.6 Å². The number of benzene rings is 1. The van der Waals surface area contributed by atoms with Gasteiger partial charge < -0.3 is 9.72 Å². The summed E-state index contributed by atoms with van der Waals surface area (Å²) >= 11 is 0. The fraction of sp³-hybridized carbons (Fsp3) is 0.154. The normalized spacial score (nSPS) is 11.6. The molecular weight excluding hydrogens is 248 g/mol. The molecule has 2 aromatic rings. The summed E-state index contributed by atoms with van der Waals surface area (Å²) in [5, 5.41) is 11.4. The number of hydrogen-bond donors (Lipinski definition) is 1. The Bertz CT molecular complexity index is 685. The molecule has 1 aromatic carbocycles. The number of nitro groups is 1. The van der Waals surface area contributed by atoms with Crippen molar-refractivity contribution in [2.45, 2.75) is 6.92 Å². The quantitative estimate of drug-likeness (QED) is 0.522. The number of methoxy groups -OCH3 is 1. The van der Waals surface area contributed by atoms with Crippen molar-refractivity contribution < 1.29 is 14.5 Å². The molecular formula is C13H12N2O4. The van der Waals surface area contributed by atoms with Crippen LogP contribution in [0.5, 0.6) is 0 Å². The second kappa shape index (κ2) is 4.93. The van der Waals surface area contributed by atoms with E-state index in [-0.39, 0.29) is 5.70 Å². The zero-order chi connectivity index (χ0) is 14.0. The Morgan fingerprint density at radius 2 is 2.21 bits per heavy atom. The third kappa shape index (κ3) is 2.47. The molecule has 0 saturated carbocycles. The number of aromatic amines is 1. The van der Waals surface area contributed by atoms with Crippen molar-refractivity contribution in [3.8, 4) is 0 Å². The van der Waals surface area contributed by atoms with Gasteiger partial charge in [0, 0.05) is 35.7 Å². The van der Waals surface area contributed by atoms with Gasteiger partial charge in [0.1, 0.15) is 0 Å². The third-order valence-corrected chi connectivity index (χ3v) is 2.79. The Morgan fingerprint density at radius 3 is 2.84 bits per heavy atom. The molecule has 0 aliphatic heterocycles. The monoisotopic (exact) mass is 260 g/mol. The highest BCUT2D eigenvalue weighted by atomic mass is 16.6. The molecule has 1 heterocycles. The van der Waals surface area contributed by atoms with Gasteiger partial charge in [-0.3, -0.25) is 10.1 Å². The van der Waals surface area contributed by atoms with E-state index in [1.54, 1.807) is 24.4 Å². The lowest BCUT2D eigenvalue weighted by atomic mass is 10.1. The van der Waals surface area contributed by atoms with E-state index in [0.29, 0.717) is 11.1 Å². The lowest BCUT2D eigenvalue weighted by molar-refractivity contribution is -0.422. The lowest BCUT2D eigenvalue weighted by Gasteiger charge is -1.99. The molecule has 2 rings (SSSR count). The zero-order valence-electron chi connectivity index (χ0n) is 10.5. The number of fused-ring (bicyclic) bond motifs is 1. The molecule has 98 valence electrons.